The van der Waals surface area contributed by atoms with E-state index in [4.69, 9.17) is 10.8 Å². The van der Waals surface area contributed by atoms with E-state index in [2.05, 4.69) is 4.72 Å². The van der Waals surface area contributed by atoms with Crippen LogP contribution in [-0.4, -0.2) is 37.2 Å². The molecule has 0 aromatic carbocycles. The predicted octanol–water partition coefficient (Wildman–Crippen LogP) is -1.36. The molecule has 7 nitrogen and oxygen atoms in total. The predicted molar refractivity (Wildman–Crippen MR) is 52.4 cm³/mol. The Labute approximate surface area is 87.7 Å². The quantitative estimate of drug-likeness (QED) is 0.505. The van der Waals surface area contributed by atoms with Crippen LogP contribution < -0.4 is 10.5 Å². The van der Waals surface area contributed by atoms with Crippen LogP contribution in [0.25, 0.3) is 0 Å². The zero-order chi connectivity index (χ0) is 12.1. The smallest absolute Gasteiger partial charge is 0.304 e. The number of carboxylic acid groups (broad SMARTS) is 1. The summed E-state index contributed by atoms with van der Waals surface area (Å²) in [5.41, 5.74) is 4.87. The maximum absolute atomic E-state index is 11.2. The van der Waals surface area contributed by atoms with Gasteiger partial charge in [0.25, 0.3) is 0 Å². The monoisotopic (exact) mass is 238 g/mol. The first-order valence-corrected chi connectivity index (χ1v) is 5.88. The summed E-state index contributed by atoms with van der Waals surface area (Å²) in [6, 6.07) is -0.624. The van der Waals surface area contributed by atoms with Gasteiger partial charge in [-0.25, -0.2) is 13.1 Å². The van der Waals surface area contributed by atoms with Crippen molar-refractivity contribution >= 4 is 21.9 Å². The fraction of sp³-hybridized carbons (Fsp3) is 0.714. The number of nitrogens with two attached hydrogens (primary N) is 1. The summed E-state index contributed by atoms with van der Waals surface area (Å²) in [4.78, 5) is 20.6. The Morgan fingerprint density at radius 3 is 2.40 bits per heavy atom. The molecule has 0 rings (SSSR count). The van der Waals surface area contributed by atoms with Crippen LogP contribution in [0.2, 0.25) is 0 Å². The molecule has 0 aliphatic rings. The second-order valence-electron chi connectivity index (χ2n) is 3.15. The molecule has 88 valence electrons. The molecule has 0 aromatic rings. The number of carbonyl (C=O) groups excluding carboxylic acids is 1. The molecule has 0 saturated carbocycles. The summed E-state index contributed by atoms with van der Waals surface area (Å²) >= 11 is 0. The Bertz CT molecular complexity index is 337. The van der Waals surface area contributed by atoms with E-state index in [1.807, 2.05) is 0 Å². The van der Waals surface area contributed by atoms with E-state index in [9.17, 15) is 18.0 Å². The first-order chi connectivity index (χ1) is 6.73. The highest BCUT2D eigenvalue weighted by Crippen LogP contribution is 1.96. The number of aliphatic carboxylic acids is 1. The number of nitrogens with one attached hydrogen (secondary N) is 1. The molecule has 0 fully saturated rings. The molecule has 0 spiro atoms. The van der Waals surface area contributed by atoms with Crippen molar-refractivity contribution in [3.8, 4) is 0 Å². The molecule has 1 atom stereocenters. The number of amides is 1. The Morgan fingerprint density at radius 2 is 2.00 bits per heavy atom. The van der Waals surface area contributed by atoms with Crippen molar-refractivity contribution < 1.29 is 23.1 Å². The van der Waals surface area contributed by atoms with Gasteiger partial charge in [0.2, 0.25) is 15.9 Å². The Balaban J connectivity index is 4.13. The zero-order valence-electron chi connectivity index (χ0n) is 8.26. The number of primary amides is 1. The van der Waals surface area contributed by atoms with Crippen molar-refractivity contribution in [1.82, 2.24) is 4.72 Å². The third-order valence-corrected chi connectivity index (χ3v) is 2.98. The number of carbonyl (C=O) groups is 2. The summed E-state index contributed by atoms with van der Waals surface area (Å²) in [7, 11) is -3.66. The molecule has 1 unspecified atom stereocenters. The highest BCUT2D eigenvalue weighted by Gasteiger charge is 2.17. The van der Waals surface area contributed by atoms with Gasteiger partial charge in [-0.2, -0.15) is 0 Å². The van der Waals surface area contributed by atoms with Gasteiger partial charge in [-0.05, 0) is 6.92 Å². The fourth-order valence-corrected chi connectivity index (χ4v) is 2.19. The summed E-state index contributed by atoms with van der Waals surface area (Å²) in [5.74, 6) is -2.32. The first kappa shape index (κ1) is 13.8. The lowest BCUT2D eigenvalue weighted by Crippen LogP contribution is -2.37. The summed E-state index contributed by atoms with van der Waals surface area (Å²) in [6.45, 7) is 1.48. The minimum atomic E-state index is -3.66. The second-order valence-corrected chi connectivity index (χ2v) is 5.03. The van der Waals surface area contributed by atoms with E-state index in [0.29, 0.717) is 0 Å². The van der Waals surface area contributed by atoms with Crippen molar-refractivity contribution in [2.45, 2.75) is 25.8 Å². The van der Waals surface area contributed by atoms with Crippen LogP contribution in [-0.2, 0) is 19.6 Å². The standard InChI is InChI=1S/C7H14N2O5S/c1-5(4-6(8)10)9-15(13,14)3-2-7(11)12/h5,9H,2-4H2,1H3,(H2,8,10)(H,11,12). The normalized spacial score (nSPS) is 13.4. The molecule has 0 bridgehead atoms. The van der Waals surface area contributed by atoms with Gasteiger partial charge in [0, 0.05) is 12.5 Å². The lowest BCUT2D eigenvalue weighted by atomic mass is 10.2. The molecule has 0 saturated heterocycles. The SMILES string of the molecule is CC(CC(N)=O)NS(=O)(=O)CCC(=O)O. The molecule has 15 heavy (non-hydrogen) atoms. The van der Waals surface area contributed by atoms with Gasteiger partial charge in [-0.15, -0.1) is 0 Å². The largest absolute Gasteiger partial charge is 0.481 e. The minimum absolute atomic E-state index is 0.119. The van der Waals surface area contributed by atoms with Gasteiger partial charge in [0.1, 0.15) is 0 Å². The van der Waals surface area contributed by atoms with Crippen LogP contribution in [0.15, 0.2) is 0 Å². The van der Waals surface area contributed by atoms with Crippen molar-refractivity contribution in [2.24, 2.45) is 5.73 Å². The third-order valence-electron chi connectivity index (χ3n) is 1.47. The Morgan fingerprint density at radius 1 is 1.47 bits per heavy atom. The maximum atomic E-state index is 11.2. The van der Waals surface area contributed by atoms with Crippen LogP contribution in [0.3, 0.4) is 0 Å². The molecule has 0 radical (unpaired) electrons. The highest BCUT2D eigenvalue weighted by atomic mass is 32.2. The average Bonchev–Trinajstić information content (AvgIpc) is 1.98. The number of hydrogen-bond acceptors (Lipinski definition) is 4. The molecule has 8 heteroatoms. The molecular formula is C7H14N2O5S. The van der Waals surface area contributed by atoms with E-state index in [1.165, 1.54) is 6.92 Å². The van der Waals surface area contributed by atoms with Gasteiger partial charge in [0.05, 0.1) is 12.2 Å². The van der Waals surface area contributed by atoms with Gasteiger partial charge < -0.3 is 10.8 Å². The summed E-state index contributed by atoms with van der Waals surface area (Å²) in [5, 5.41) is 8.29. The Hall–Kier alpha value is -1.15. The molecule has 4 N–H and O–H groups in total. The molecule has 0 aromatic heterocycles. The number of sulfonamides is 1. The van der Waals surface area contributed by atoms with E-state index in [-0.39, 0.29) is 6.42 Å². The van der Waals surface area contributed by atoms with Gasteiger partial charge in [0.15, 0.2) is 0 Å². The average molecular weight is 238 g/mol. The maximum Gasteiger partial charge on any atom is 0.304 e. The van der Waals surface area contributed by atoms with Crippen molar-refractivity contribution in [1.29, 1.82) is 0 Å². The van der Waals surface area contributed by atoms with Gasteiger partial charge in [-0.3, -0.25) is 9.59 Å². The van der Waals surface area contributed by atoms with E-state index >= 15 is 0 Å². The highest BCUT2D eigenvalue weighted by molar-refractivity contribution is 7.89. The molecular weight excluding hydrogens is 224 g/mol. The molecule has 1 amide bonds. The van der Waals surface area contributed by atoms with E-state index in [0.717, 1.165) is 0 Å². The summed E-state index contributed by atoms with van der Waals surface area (Å²) in [6.07, 6.45) is -0.592. The fourth-order valence-electron chi connectivity index (χ4n) is 0.931. The zero-order valence-corrected chi connectivity index (χ0v) is 9.08. The minimum Gasteiger partial charge on any atom is -0.481 e. The lowest BCUT2D eigenvalue weighted by molar-refractivity contribution is -0.136. The molecule has 0 aliphatic heterocycles. The first-order valence-electron chi connectivity index (χ1n) is 4.23. The van der Waals surface area contributed by atoms with Crippen LogP contribution in [0.4, 0.5) is 0 Å². The Kier molecular flexibility index (Phi) is 5.23. The topological polar surface area (TPSA) is 127 Å². The molecule has 0 aliphatic carbocycles. The number of rotatable bonds is 7. The van der Waals surface area contributed by atoms with Crippen LogP contribution in [0, 0.1) is 0 Å². The second kappa shape index (κ2) is 5.66. The van der Waals surface area contributed by atoms with Crippen molar-refractivity contribution in [3.63, 3.8) is 0 Å². The lowest BCUT2D eigenvalue weighted by Gasteiger charge is -2.11. The number of hydrogen-bond donors (Lipinski definition) is 3. The van der Waals surface area contributed by atoms with Crippen molar-refractivity contribution in [2.75, 3.05) is 5.75 Å². The molecule has 0 heterocycles. The van der Waals surface area contributed by atoms with Gasteiger partial charge in [-0.1, -0.05) is 0 Å². The third kappa shape index (κ3) is 7.89. The number of carboxylic acids is 1. The van der Waals surface area contributed by atoms with Crippen LogP contribution in [0.5, 0.6) is 0 Å². The van der Waals surface area contributed by atoms with E-state index in [1.54, 1.807) is 0 Å². The van der Waals surface area contributed by atoms with Crippen molar-refractivity contribution in [3.05, 3.63) is 0 Å². The van der Waals surface area contributed by atoms with E-state index < -0.39 is 40.1 Å². The summed E-state index contributed by atoms with van der Waals surface area (Å²) < 4.78 is 24.6. The van der Waals surface area contributed by atoms with Gasteiger partial charge >= 0.3 is 5.97 Å². The van der Waals surface area contributed by atoms with Crippen LogP contribution in [0.1, 0.15) is 19.8 Å². The van der Waals surface area contributed by atoms with Crippen LogP contribution >= 0.6 is 0 Å².